The van der Waals surface area contributed by atoms with Gasteiger partial charge in [-0.1, -0.05) is 22.0 Å². The Morgan fingerprint density at radius 1 is 1.41 bits per heavy atom. The number of nitrogens with zero attached hydrogens (tertiary/aromatic N) is 1. The predicted molar refractivity (Wildman–Crippen MR) is 76.4 cm³/mol. The molecule has 0 bridgehead atoms. The van der Waals surface area contributed by atoms with Crippen molar-refractivity contribution in [3.8, 4) is 0 Å². The van der Waals surface area contributed by atoms with Gasteiger partial charge in [-0.3, -0.25) is 0 Å². The summed E-state index contributed by atoms with van der Waals surface area (Å²) in [5, 5.41) is 3.63. The Morgan fingerprint density at radius 2 is 2.24 bits per heavy atom. The summed E-state index contributed by atoms with van der Waals surface area (Å²) < 4.78 is 1.20. The molecule has 1 aliphatic rings. The normalized spacial score (nSPS) is 19.4. The standard InChI is InChI=1S/C14H21BrN2/c1-17(2)9-3-4-14-13-6-5-12(15)10-11(13)7-8-16-14/h5-6,10,14,16H,3-4,7-9H2,1-2H3. The first-order valence-electron chi connectivity index (χ1n) is 6.33. The van der Waals surface area contributed by atoms with Crippen molar-refractivity contribution in [2.24, 2.45) is 0 Å². The van der Waals surface area contributed by atoms with Crippen LogP contribution in [0.2, 0.25) is 0 Å². The maximum absolute atomic E-state index is 3.63. The molecule has 1 aliphatic heterocycles. The molecule has 3 heteroatoms. The van der Waals surface area contributed by atoms with Gasteiger partial charge in [0.05, 0.1) is 0 Å². The number of benzene rings is 1. The first-order chi connectivity index (χ1) is 8.16. The van der Waals surface area contributed by atoms with Crippen molar-refractivity contribution in [2.75, 3.05) is 27.2 Å². The molecule has 94 valence electrons. The highest BCUT2D eigenvalue weighted by Crippen LogP contribution is 2.28. The zero-order valence-electron chi connectivity index (χ0n) is 10.7. The highest BCUT2D eigenvalue weighted by Gasteiger charge is 2.19. The SMILES string of the molecule is CN(C)CCCC1NCCc2cc(Br)ccc21. The van der Waals surface area contributed by atoms with Crippen LogP contribution >= 0.6 is 15.9 Å². The number of hydrogen-bond acceptors (Lipinski definition) is 2. The molecule has 0 aliphatic carbocycles. The van der Waals surface area contributed by atoms with Gasteiger partial charge in [0, 0.05) is 10.5 Å². The van der Waals surface area contributed by atoms with Crippen molar-refractivity contribution >= 4 is 15.9 Å². The molecule has 0 spiro atoms. The van der Waals surface area contributed by atoms with Gasteiger partial charge in [0.25, 0.3) is 0 Å². The van der Waals surface area contributed by atoms with Gasteiger partial charge < -0.3 is 10.2 Å². The molecule has 2 nitrogen and oxygen atoms in total. The number of hydrogen-bond donors (Lipinski definition) is 1. The van der Waals surface area contributed by atoms with Gasteiger partial charge in [0.2, 0.25) is 0 Å². The van der Waals surface area contributed by atoms with Crippen LogP contribution in [0, 0.1) is 0 Å². The Hall–Kier alpha value is -0.380. The highest BCUT2D eigenvalue weighted by atomic mass is 79.9. The summed E-state index contributed by atoms with van der Waals surface area (Å²) >= 11 is 3.55. The van der Waals surface area contributed by atoms with Gasteiger partial charge in [-0.2, -0.15) is 0 Å². The van der Waals surface area contributed by atoms with Crippen molar-refractivity contribution in [1.82, 2.24) is 10.2 Å². The minimum Gasteiger partial charge on any atom is -0.310 e. The van der Waals surface area contributed by atoms with Gasteiger partial charge in [0.15, 0.2) is 0 Å². The van der Waals surface area contributed by atoms with Crippen LogP contribution in [0.25, 0.3) is 0 Å². The Labute approximate surface area is 113 Å². The Kier molecular flexibility index (Phi) is 4.60. The van der Waals surface area contributed by atoms with E-state index in [9.17, 15) is 0 Å². The van der Waals surface area contributed by atoms with E-state index >= 15 is 0 Å². The fraction of sp³-hybridized carbons (Fsp3) is 0.571. The van der Waals surface area contributed by atoms with E-state index in [1.165, 1.54) is 35.0 Å². The van der Waals surface area contributed by atoms with Gasteiger partial charge in [-0.15, -0.1) is 0 Å². The fourth-order valence-corrected chi connectivity index (χ4v) is 2.90. The van der Waals surface area contributed by atoms with E-state index in [0.29, 0.717) is 6.04 Å². The number of nitrogens with one attached hydrogen (secondary N) is 1. The number of rotatable bonds is 4. The second kappa shape index (κ2) is 5.98. The molecular weight excluding hydrogens is 276 g/mol. The van der Waals surface area contributed by atoms with E-state index in [1.54, 1.807) is 0 Å². The first kappa shape index (κ1) is 13.1. The molecule has 1 heterocycles. The van der Waals surface area contributed by atoms with E-state index in [2.05, 4.69) is 58.4 Å². The molecule has 0 fully saturated rings. The largest absolute Gasteiger partial charge is 0.310 e. The van der Waals surface area contributed by atoms with Gasteiger partial charge in [0.1, 0.15) is 0 Å². The highest BCUT2D eigenvalue weighted by molar-refractivity contribution is 9.10. The monoisotopic (exact) mass is 296 g/mol. The van der Waals surface area contributed by atoms with E-state index in [1.807, 2.05) is 0 Å². The number of halogens is 1. The van der Waals surface area contributed by atoms with E-state index in [4.69, 9.17) is 0 Å². The molecule has 1 unspecified atom stereocenters. The second-order valence-corrected chi connectivity index (χ2v) is 5.96. The smallest absolute Gasteiger partial charge is 0.0323 e. The Morgan fingerprint density at radius 3 is 3.00 bits per heavy atom. The first-order valence-corrected chi connectivity index (χ1v) is 7.12. The van der Waals surface area contributed by atoms with Crippen molar-refractivity contribution in [3.05, 3.63) is 33.8 Å². The molecule has 0 radical (unpaired) electrons. The summed E-state index contributed by atoms with van der Waals surface area (Å²) in [4.78, 5) is 2.26. The van der Waals surface area contributed by atoms with Crippen LogP contribution in [-0.4, -0.2) is 32.1 Å². The molecule has 1 aromatic rings. The lowest BCUT2D eigenvalue weighted by Gasteiger charge is -2.27. The second-order valence-electron chi connectivity index (χ2n) is 5.05. The maximum atomic E-state index is 3.63. The van der Waals surface area contributed by atoms with Gasteiger partial charge in [-0.25, -0.2) is 0 Å². The quantitative estimate of drug-likeness (QED) is 0.919. The summed E-state index contributed by atoms with van der Waals surface area (Å²) in [5.74, 6) is 0. The molecule has 2 rings (SSSR count). The van der Waals surface area contributed by atoms with Crippen molar-refractivity contribution in [3.63, 3.8) is 0 Å². The average Bonchev–Trinajstić information content (AvgIpc) is 2.28. The topological polar surface area (TPSA) is 15.3 Å². The van der Waals surface area contributed by atoms with Crippen LogP contribution in [0.15, 0.2) is 22.7 Å². The minimum absolute atomic E-state index is 0.548. The van der Waals surface area contributed by atoms with Crippen LogP contribution in [0.3, 0.4) is 0 Å². The summed E-state index contributed by atoms with van der Waals surface area (Å²) in [6, 6.07) is 7.25. The van der Waals surface area contributed by atoms with E-state index in [-0.39, 0.29) is 0 Å². The summed E-state index contributed by atoms with van der Waals surface area (Å²) in [6.45, 7) is 2.28. The molecule has 0 aromatic heterocycles. The Balaban J connectivity index is 2.02. The van der Waals surface area contributed by atoms with Crippen molar-refractivity contribution in [1.29, 1.82) is 0 Å². The third-order valence-corrected chi connectivity index (χ3v) is 3.86. The Bertz CT molecular complexity index is 376. The predicted octanol–water partition coefficient (Wildman–Crippen LogP) is 2.98. The summed E-state index contributed by atoms with van der Waals surface area (Å²) in [6.07, 6.45) is 3.63. The van der Waals surface area contributed by atoms with Crippen molar-refractivity contribution < 1.29 is 0 Å². The molecule has 0 amide bonds. The zero-order valence-corrected chi connectivity index (χ0v) is 12.3. The van der Waals surface area contributed by atoms with Crippen LogP contribution in [0.4, 0.5) is 0 Å². The molecule has 1 atom stereocenters. The summed E-state index contributed by atoms with van der Waals surface area (Å²) in [5.41, 5.74) is 3.01. The minimum atomic E-state index is 0.548. The van der Waals surface area contributed by atoms with Crippen LogP contribution in [0.5, 0.6) is 0 Å². The van der Waals surface area contributed by atoms with Crippen LogP contribution in [0.1, 0.15) is 30.0 Å². The lowest BCUT2D eigenvalue weighted by molar-refractivity contribution is 0.368. The van der Waals surface area contributed by atoms with Gasteiger partial charge >= 0.3 is 0 Å². The fourth-order valence-electron chi connectivity index (χ4n) is 2.49. The molecule has 0 saturated carbocycles. The molecular formula is C14H21BrN2. The third-order valence-electron chi connectivity index (χ3n) is 3.36. The summed E-state index contributed by atoms with van der Waals surface area (Å²) in [7, 11) is 4.28. The van der Waals surface area contributed by atoms with E-state index < -0.39 is 0 Å². The lowest BCUT2D eigenvalue weighted by Crippen LogP contribution is -2.30. The average molecular weight is 297 g/mol. The van der Waals surface area contributed by atoms with E-state index in [0.717, 1.165) is 13.0 Å². The van der Waals surface area contributed by atoms with Crippen LogP contribution < -0.4 is 5.32 Å². The number of fused-ring (bicyclic) bond motifs is 1. The van der Waals surface area contributed by atoms with Crippen molar-refractivity contribution in [2.45, 2.75) is 25.3 Å². The third kappa shape index (κ3) is 3.54. The lowest BCUT2D eigenvalue weighted by atomic mass is 9.92. The van der Waals surface area contributed by atoms with Crippen LogP contribution in [-0.2, 0) is 6.42 Å². The molecule has 0 saturated heterocycles. The van der Waals surface area contributed by atoms with Gasteiger partial charge in [-0.05, 0) is 69.7 Å². The molecule has 17 heavy (non-hydrogen) atoms. The molecule has 1 N–H and O–H groups in total. The zero-order chi connectivity index (χ0) is 12.3. The maximum Gasteiger partial charge on any atom is 0.0323 e. The molecule has 1 aromatic carbocycles.